The number of benzene rings is 8. The molecule has 0 radical (unpaired) electrons. The van der Waals surface area contributed by atoms with E-state index >= 15 is 0 Å². The van der Waals surface area contributed by atoms with Crippen LogP contribution in [0.25, 0.3) is 54.9 Å². The third-order valence-electron chi connectivity index (χ3n) is 11.9. The fourth-order valence-electron chi connectivity index (χ4n) is 9.82. The van der Waals surface area contributed by atoms with E-state index in [1.54, 1.807) is 0 Å². The molecule has 0 bridgehead atoms. The van der Waals surface area contributed by atoms with Gasteiger partial charge in [0.15, 0.2) is 7.28 Å². The van der Waals surface area contributed by atoms with Crippen LogP contribution in [-0.2, 0) is 5.41 Å². The van der Waals surface area contributed by atoms with E-state index in [-0.39, 0.29) is 0 Å². The van der Waals surface area contributed by atoms with Crippen LogP contribution >= 0.6 is 0 Å². The molecule has 0 spiro atoms. The highest BCUT2D eigenvalue weighted by molar-refractivity contribution is 6.74. The van der Waals surface area contributed by atoms with Gasteiger partial charge < -0.3 is 14.3 Å². The summed E-state index contributed by atoms with van der Waals surface area (Å²) in [4.78, 5) is 6.34. The Hall–Kier alpha value is -6.78. The quantitative estimate of drug-likeness (QED) is 0.189. The number of para-hydroxylation sites is 4. The molecule has 2 aliphatic rings. The molecule has 0 saturated heterocycles. The molecule has 0 aliphatic carbocycles. The van der Waals surface area contributed by atoms with Crippen LogP contribution in [0.2, 0.25) is 0 Å². The van der Waals surface area contributed by atoms with E-state index in [9.17, 15) is 0 Å². The summed E-state index contributed by atoms with van der Waals surface area (Å²) >= 11 is 0. The lowest BCUT2D eigenvalue weighted by molar-refractivity contribution is 0.657. The molecule has 2 aliphatic heterocycles. The van der Waals surface area contributed by atoms with Crippen molar-refractivity contribution >= 4 is 79.0 Å². The number of H-pyrrole nitrogens is 1. The number of furan rings is 1. The second-order valence-corrected chi connectivity index (χ2v) is 14.5. The fraction of sp³-hybridized carbons (Fsp3) is 0.0204. The van der Waals surface area contributed by atoms with Gasteiger partial charge in [0.25, 0.3) is 0 Å². The Labute approximate surface area is 307 Å². The van der Waals surface area contributed by atoms with Crippen molar-refractivity contribution in [2.24, 2.45) is 0 Å². The second-order valence-electron chi connectivity index (χ2n) is 14.5. The molecule has 8 aromatic carbocycles. The summed E-state index contributed by atoms with van der Waals surface area (Å²) in [7, 11) is 0.813. The third-order valence-corrected chi connectivity index (χ3v) is 11.9. The van der Waals surface area contributed by atoms with Gasteiger partial charge in [-0.2, -0.15) is 0 Å². The number of fused-ring (bicyclic) bond motifs is 11. The number of aromatic amines is 1. The first-order chi connectivity index (χ1) is 26.3. The largest absolute Gasteiger partial charge is 0.440 e. The molecule has 2 aromatic heterocycles. The molecular formula is C49H31BN2O. The molecule has 246 valence electrons. The maximum atomic E-state index is 6.38. The predicted molar refractivity (Wildman–Crippen MR) is 221 cm³/mol. The highest BCUT2D eigenvalue weighted by Gasteiger charge is 2.48. The first kappa shape index (κ1) is 28.9. The number of nitrogens with one attached hydrogen (secondary N) is 1. The molecule has 1 N–H and O–H groups in total. The molecule has 0 unspecified atom stereocenters. The highest BCUT2D eigenvalue weighted by atomic mass is 16.3. The Kier molecular flexibility index (Phi) is 5.79. The monoisotopic (exact) mass is 674 g/mol. The number of nitrogens with zero attached hydrogens (tertiary/aromatic N) is 1. The minimum absolute atomic E-state index is 0.501. The zero-order chi connectivity index (χ0) is 34.7. The summed E-state index contributed by atoms with van der Waals surface area (Å²) in [6.07, 6.45) is 0. The Bertz CT molecular complexity index is 3060. The lowest BCUT2D eigenvalue weighted by atomic mass is 9.54. The van der Waals surface area contributed by atoms with Crippen LogP contribution in [0.1, 0.15) is 22.3 Å². The van der Waals surface area contributed by atoms with Gasteiger partial charge >= 0.3 is 0 Å². The van der Waals surface area contributed by atoms with Gasteiger partial charge in [-0.25, -0.2) is 0 Å². The average Bonchev–Trinajstić information content (AvgIpc) is 3.78. The second kappa shape index (κ2) is 10.6. The van der Waals surface area contributed by atoms with E-state index in [4.69, 9.17) is 4.42 Å². The zero-order valence-corrected chi connectivity index (χ0v) is 28.8. The maximum absolute atomic E-state index is 6.38. The molecule has 4 heterocycles. The Balaban J connectivity index is 1.19. The third kappa shape index (κ3) is 3.74. The van der Waals surface area contributed by atoms with Crippen molar-refractivity contribution < 1.29 is 4.42 Å². The van der Waals surface area contributed by atoms with Crippen LogP contribution in [-0.4, -0.2) is 12.3 Å². The number of aromatic nitrogens is 1. The maximum Gasteiger partial charge on any atom is 0.206 e. The molecule has 10 aromatic rings. The van der Waals surface area contributed by atoms with E-state index in [1.165, 1.54) is 77.5 Å². The SMILES string of the molecule is B1c2cccc3c2N(c2ccccc2C3(c2ccccc2)c2ccccc2)c2c1c(-c1cccc3c1[nH]c1oc4ccccc4c13)cc1ccccc21. The van der Waals surface area contributed by atoms with Gasteiger partial charge in [0.2, 0.25) is 5.71 Å². The van der Waals surface area contributed by atoms with E-state index in [0.29, 0.717) is 0 Å². The number of anilines is 3. The fourth-order valence-corrected chi connectivity index (χ4v) is 9.82. The summed E-state index contributed by atoms with van der Waals surface area (Å²) in [6, 6.07) is 64.6. The molecular weight excluding hydrogens is 643 g/mol. The van der Waals surface area contributed by atoms with Crippen molar-refractivity contribution in [2.75, 3.05) is 4.90 Å². The van der Waals surface area contributed by atoms with Gasteiger partial charge in [-0.3, -0.25) is 0 Å². The lowest BCUT2D eigenvalue weighted by Gasteiger charge is -2.49. The van der Waals surface area contributed by atoms with Crippen LogP contribution in [0, 0.1) is 0 Å². The van der Waals surface area contributed by atoms with E-state index in [1.807, 2.05) is 12.1 Å². The Morgan fingerprint density at radius 1 is 0.528 bits per heavy atom. The van der Waals surface area contributed by atoms with Crippen LogP contribution in [0.4, 0.5) is 17.1 Å². The molecule has 0 amide bonds. The standard InChI is InChI=1S/C49H31BN2O/c1-3-16-31(17-4-1)49(32-18-5-2-6-19-32)38-24-10-11-27-41(38)52-46-33-20-8-7-15-30(33)29-37(44(46)50-40-26-14-25-39(49)47(40)52)34-22-13-23-36-43-35-21-9-12-28-42(35)53-48(43)51-45(34)36/h1-29,50-51H. The van der Waals surface area contributed by atoms with Crippen LogP contribution in [0.15, 0.2) is 180 Å². The number of hydrogen-bond donors (Lipinski definition) is 1. The topological polar surface area (TPSA) is 32.2 Å². The molecule has 53 heavy (non-hydrogen) atoms. The highest BCUT2D eigenvalue weighted by Crippen LogP contribution is 2.58. The molecule has 12 rings (SSSR count). The molecule has 0 saturated carbocycles. The summed E-state index contributed by atoms with van der Waals surface area (Å²) in [5.41, 5.74) is 16.3. The van der Waals surface area contributed by atoms with Gasteiger partial charge in [0, 0.05) is 33.1 Å². The van der Waals surface area contributed by atoms with Crippen molar-refractivity contribution in [2.45, 2.75) is 5.41 Å². The minimum Gasteiger partial charge on any atom is -0.440 e. The van der Waals surface area contributed by atoms with Crippen molar-refractivity contribution in [3.05, 3.63) is 198 Å². The van der Waals surface area contributed by atoms with Gasteiger partial charge in [-0.05, 0) is 56.9 Å². The molecule has 3 nitrogen and oxygen atoms in total. The molecule has 0 fully saturated rings. The zero-order valence-electron chi connectivity index (χ0n) is 28.8. The predicted octanol–water partition coefficient (Wildman–Crippen LogP) is 10.8. The first-order valence-electron chi connectivity index (χ1n) is 18.4. The first-order valence-corrected chi connectivity index (χ1v) is 18.4. The van der Waals surface area contributed by atoms with Gasteiger partial charge in [0.1, 0.15) is 5.58 Å². The van der Waals surface area contributed by atoms with E-state index in [0.717, 1.165) is 34.9 Å². The average molecular weight is 675 g/mol. The molecule has 4 heteroatoms. The summed E-state index contributed by atoms with van der Waals surface area (Å²) < 4.78 is 6.38. The van der Waals surface area contributed by atoms with E-state index in [2.05, 4.69) is 174 Å². The lowest BCUT2D eigenvalue weighted by Crippen LogP contribution is -2.47. The van der Waals surface area contributed by atoms with Gasteiger partial charge in [-0.15, -0.1) is 0 Å². The smallest absolute Gasteiger partial charge is 0.206 e. The van der Waals surface area contributed by atoms with Crippen molar-refractivity contribution in [3.8, 4) is 11.1 Å². The summed E-state index contributed by atoms with van der Waals surface area (Å²) in [5, 5.41) is 5.94. The normalized spacial score (nSPS) is 13.9. The summed E-state index contributed by atoms with van der Waals surface area (Å²) in [6.45, 7) is 0. The van der Waals surface area contributed by atoms with Gasteiger partial charge in [0.05, 0.1) is 22.0 Å². The number of rotatable bonds is 3. The van der Waals surface area contributed by atoms with Crippen molar-refractivity contribution in [1.29, 1.82) is 0 Å². The van der Waals surface area contributed by atoms with Crippen LogP contribution < -0.4 is 15.8 Å². The van der Waals surface area contributed by atoms with Crippen LogP contribution in [0.5, 0.6) is 0 Å². The number of hydrogen-bond acceptors (Lipinski definition) is 2. The van der Waals surface area contributed by atoms with Crippen molar-refractivity contribution in [3.63, 3.8) is 0 Å². The van der Waals surface area contributed by atoms with Gasteiger partial charge in [-0.1, -0.05) is 163 Å². The molecule has 0 atom stereocenters. The Morgan fingerprint density at radius 2 is 1.19 bits per heavy atom. The van der Waals surface area contributed by atoms with E-state index < -0.39 is 5.41 Å². The van der Waals surface area contributed by atoms with Crippen LogP contribution in [0.3, 0.4) is 0 Å². The minimum atomic E-state index is -0.501. The Morgan fingerprint density at radius 3 is 2.02 bits per heavy atom. The van der Waals surface area contributed by atoms with Crippen molar-refractivity contribution in [1.82, 2.24) is 4.98 Å². The summed E-state index contributed by atoms with van der Waals surface area (Å²) in [5.74, 6) is 0.